The number of allylic oxidation sites excluding steroid dienone is 3. The number of pyridine rings is 1. The first-order chi connectivity index (χ1) is 19.7. The fraction of sp³-hybridized carbons (Fsp3) is 0.182. The van der Waals surface area contributed by atoms with E-state index in [1.165, 1.54) is 0 Å². The number of halogens is 1. The summed E-state index contributed by atoms with van der Waals surface area (Å²) in [6, 6.07) is 11.9. The second-order valence-electron chi connectivity index (χ2n) is 10.5. The highest BCUT2D eigenvalue weighted by Crippen LogP contribution is 2.35. The second kappa shape index (κ2) is 11.5. The van der Waals surface area contributed by atoms with Gasteiger partial charge in [-0.25, -0.2) is 9.37 Å². The Labute approximate surface area is 242 Å². The lowest BCUT2D eigenvalue weighted by Gasteiger charge is -2.12. The summed E-state index contributed by atoms with van der Waals surface area (Å²) in [4.78, 5) is 14.8. The normalized spacial score (nSPS) is 12.7. The maximum Gasteiger partial charge on any atom is 0.159 e. The molecule has 1 aromatic carbocycles. The van der Waals surface area contributed by atoms with Crippen LogP contribution in [0.15, 0.2) is 74.2 Å². The van der Waals surface area contributed by atoms with Crippen molar-refractivity contribution in [3.05, 3.63) is 95.2 Å². The fourth-order valence-electron chi connectivity index (χ4n) is 4.71. The van der Waals surface area contributed by atoms with E-state index in [1.54, 1.807) is 29.8 Å². The van der Waals surface area contributed by atoms with Crippen LogP contribution in [0, 0.1) is 5.92 Å². The van der Waals surface area contributed by atoms with Gasteiger partial charge in [0, 0.05) is 38.3 Å². The zero-order valence-electron chi connectivity index (χ0n) is 23.7. The van der Waals surface area contributed by atoms with Crippen LogP contribution in [-0.2, 0) is 0 Å². The predicted molar refractivity (Wildman–Crippen MR) is 171 cm³/mol. The standard InChI is InChI=1S/C33H33FN6S/c1-8-25-29(30(34)21(7)22-15-23(17-35-16-22)36-20(6)14-18(2)3)32(40-39-25)33-37-26-11-9-10-24(31(26)38-33)28-13-12-27(41-28)19(4)5/h8-13,15-18,36,39H,4,6-7,14H2,1-3,5H3,(H,37,38)/b25-8+,30-29-. The number of aromatic amines is 2. The van der Waals surface area contributed by atoms with Gasteiger partial charge in [0.05, 0.1) is 33.5 Å². The molecule has 4 heterocycles. The molecule has 4 aromatic heterocycles. The molecule has 0 aliphatic heterocycles. The SMILES string of the molecule is C=C(CC(C)C)Nc1cncc(C(=C)/C(F)=c2/c(-c3nc4c(-c5ccc(C(=C)C)s5)cccc4[nH]3)n[nH]/c2=C/C)c1. The lowest BCUT2D eigenvalue weighted by atomic mass is 10.1. The largest absolute Gasteiger partial charge is 0.358 e. The summed E-state index contributed by atoms with van der Waals surface area (Å²) in [7, 11) is 0. The molecule has 3 N–H and O–H groups in total. The molecule has 0 fully saturated rings. The fourth-order valence-corrected chi connectivity index (χ4v) is 5.67. The number of fused-ring (bicyclic) bond motifs is 1. The molecule has 41 heavy (non-hydrogen) atoms. The zero-order valence-corrected chi connectivity index (χ0v) is 24.5. The summed E-state index contributed by atoms with van der Waals surface area (Å²) in [5.74, 6) is 0.417. The van der Waals surface area contributed by atoms with Crippen molar-refractivity contribution in [3.63, 3.8) is 0 Å². The topological polar surface area (TPSA) is 82.3 Å². The maximum atomic E-state index is 16.3. The molecule has 0 atom stereocenters. The summed E-state index contributed by atoms with van der Waals surface area (Å²) in [5.41, 5.74) is 6.36. The molecule has 8 heteroatoms. The number of nitrogens with one attached hydrogen (secondary N) is 3. The van der Waals surface area contributed by atoms with E-state index in [4.69, 9.17) is 4.98 Å². The van der Waals surface area contributed by atoms with Crippen LogP contribution in [0.3, 0.4) is 0 Å². The number of benzene rings is 1. The Morgan fingerprint density at radius 1 is 1.15 bits per heavy atom. The molecule has 0 spiro atoms. The molecule has 0 aliphatic rings. The van der Waals surface area contributed by atoms with Gasteiger partial charge in [-0.15, -0.1) is 11.3 Å². The number of para-hydroxylation sites is 1. The lowest BCUT2D eigenvalue weighted by Crippen LogP contribution is -2.26. The molecule has 0 unspecified atom stereocenters. The minimum Gasteiger partial charge on any atom is -0.358 e. The predicted octanol–water partition coefficient (Wildman–Crippen LogP) is 7.67. The van der Waals surface area contributed by atoms with Gasteiger partial charge in [-0.1, -0.05) is 51.8 Å². The first-order valence-corrected chi connectivity index (χ1v) is 14.2. The lowest BCUT2D eigenvalue weighted by molar-refractivity contribution is 0.645. The average molecular weight is 565 g/mol. The number of aromatic nitrogens is 5. The van der Waals surface area contributed by atoms with Gasteiger partial charge in [0.15, 0.2) is 5.82 Å². The summed E-state index contributed by atoms with van der Waals surface area (Å²) >= 11 is 1.67. The van der Waals surface area contributed by atoms with Gasteiger partial charge in [-0.05, 0) is 56.0 Å². The van der Waals surface area contributed by atoms with Gasteiger partial charge in [0.25, 0.3) is 0 Å². The molecular weight excluding hydrogens is 531 g/mol. The molecule has 0 saturated heterocycles. The third-order valence-corrected chi connectivity index (χ3v) is 7.94. The van der Waals surface area contributed by atoms with Crippen LogP contribution in [0.2, 0.25) is 0 Å². The number of H-pyrrole nitrogens is 2. The Kier molecular flexibility index (Phi) is 7.85. The maximum absolute atomic E-state index is 16.3. The summed E-state index contributed by atoms with van der Waals surface area (Å²) < 4.78 is 16.3. The van der Waals surface area contributed by atoms with Crippen LogP contribution < -0.4 is 15.9 Å². The van der Waals surface area contributed by atoms with Crippen LogP contribution in [0.4, 0.5) is 10.1 Å². The minimum absolute atomic E-state index is 0.198. The van der Waals surface area contributed by atoms with Gasteiger partial charge in [0.1, 0.15) is 11.5 Å². The van der Waals surface area contributed by atoms with Gasteiger partial charge >= 0.3 is 0 Å². The summed E-state index contributed by atoms with van der Waals surface area (Å²) in [6.45, 7) is 20.3. The molecule has 0 radical (unpaired) electrons. The van der Waals surface area contributed by atoms with E-state index in [1.807, 2.05) is 38.1 Å². The molecule has 208 valence electrons. The summed E-state index contributed by atoms with van der Waals surface area (Å²) in [5, 5.41) is 11.5. The number of imidazole rings is 1. The van der Waals surface area contributed by atoms with Crippen LogP contribution in [0.5, 0.6) is 0 Å². The van der Waals surface area contributed by atoms with Crippen LogP contribution in [0.1, 0.15) is 44.6 Å². The van der Waals surface area contributed by atoms with Crippen LogP contribution in [0.25, 0.3) is 56.0 Å². The van der Waals surface area contributed by atoms with Gasteiger partial charge < -0.3 is 10.3 Å². The number of nitrogens with zero attached hydrogens (tertiary/aromatic N) is 3. The van der Waals surface area contributed by atoms with Gasteiger partial charge in [-0.2, -0.15) is 5.10 Å². The van der Waals surface area contributed by atoms with Crippen molar-refractivity contribution < 1.29 is 4.39 Å². The Morgan fingerprint density at radius 3 is 2.66 bits per heavy atom. The third-order valence-electron chi connectivity index (χ3n) is 6.66. The van der Waals surface area contributed by atoms with Crippen molar-refractivity contribution >= 4 is 51.1 Å². The average Bonchev–Trinajstić information content (AvgIpc) is 3.69. The van der Waals surface area contributed by atoms with E-state index in [0.29, 0.717) is 33.6 Å². The van der Waals surface area contributed by atoms with E-state index in [9.17, 15) is 0 Å². The quantitative estimate of drug-likeness (QED) is 0.172. The van der Waals surface area contributed by atoms with Crippen LogP contribution >= 0.6 is 11.3 Å². The molecule has 5 aromatic rings. The number of anilines is 1. The van der Waals surface area contributed by atoms with Crippen molar-refractivity contribution in [2.75, 3.05) is 5.32 Å². The number of hydrogen-bond acceptors (Lipinski definition) is 5. The Hall–Kier alpha value is -4.56. The molecule has 5 rings (SSSR count). The zero-order chi connectivity index (χ0) is 29.3. The van der Waals surface area contributed by atoms with Crippen molar-refractivity contribution in [2.45, 2.75) is 34.1 Å². The van der Waals surface area contributed by atoms with E-state index in [0.717, 1.165) is 49.7 Å². The number of rotatable bonds is 9. The van der Waals surface area contributed by atoms with Crippen LogP contribution in [-0.4, -0.2) is 25.1 Å². The van der Waals surface area contributed by atoms with E-state index >= 15 is 4.39 Å². The molecule has 6 nitrogen and oxygen atoms in total. The molecular formula is C33H33FN6S. The monoisotopic (exact) mass is 564 g/mol. The van der Waals surface area contributed by atoms with Gasteiger partial charge in [-0.3, -0.25) is 10.1 Å². The molecule has 0 saturated carbocycles. The minimum atomic E-state index is -0.508. The summed E-state index contributed by atoms with van der Waals surface area (Å²) in [6.07, 6.45) is 5.89. The second-order valence-corrected chi connectivity index (χ2v) is 11.5. The Morgan fingerprint density at radius 2 is 1.95 bits per heavy atom. The first kappa shape index (κ1) is 28.0. The third kappa shape index (κ3) is 5.69. The number of thiophene rings is 1. The molecule has 0 amide bonds. The van der Waals surface area contributed by atoms with Crippen molar-refractivity contribution in [3.8, 4) is 22.0 Å². The first-order valence-electron chi connectivity index (χ1n) is 13.4. The van der Waals surface area contributed by atoms with Crippen molar-refractivity contribution in [1.82, 2.24) is 25.1 Å². The Balaban J connectivity index is 1.57. The highest BCUT2D eigenvalue weighted by Gasteiger charge is 2.19. The van der Waals surface area contributed by atoms with Crippen molar-refractivity contribution in [1.29, 1.82) is 0 Å². The van der Waals surface area contributed by atoms with Crippen molar-refractivity contribution in [2.24, 2.45) is 5.92 Å². The molecule has 0 aliphatic carbocycles. The van der Waals surface area contributed by atoms with Gasteiger partial charge in [0.2, 0.25) is 0 Å². The van der Waals surface area contributed by atoms with E-state index < -0.39 is 5.83 Å². The highest BCUT2D eigenvalue weighted by molar-refractivity contribution is 7.16. The van der Waals surface area contributed by atoms with E-state index in [2.05, 4.69) is 71.2 Å². The smallest absolute Gasteiger partial charge is 0.159 e. The highest BCUT2D eigenvalue weighted by atomic mass is 32.1. The Bertz CT molecular complexity index is 1920. The van der Waals surface area contributed by atoms with E-state index in [-0.39, 0.29) is 5.57 Å². The number of hydrogen-bond donors (Lipinski definition) is 3. The molecule has 0 bridgehead atoms.